The van der Waals surface area contributed by atoms with E-state index in [2.05, 4.69) is 11.0 Å². The average Bonchev–Trinajstić information content (AvgIpc) is 3.24. The quantitative estimate of drug-likeness (QED) is 0.291. The van der Waals surface area contributed by atoms with Gasteiger partial charge in [-0.05, 0) is 72.4 Å². The van der Waals surface area contributed by atoms with Gasteiger partial charge in [0.15, 0.2) is 0 Å². The van der Waals surface area contributed by atoms with E-state index in [-0.39, 0.29) is 35.7 Å². The van der Waals surface area contributed by atoms with E-state index in [1.54, 1.807) is 35.8 Å². The van der Waals surface area contributed by atoms with Crippen molar-refractivity contribution in [2.45, 2.75) is 38.6 Å². The van der Waals surface area contributed by atoms with Crippen molar-refractivity contribution in [3.8, 4) is 0 Å². The summed E-state index contributed by atoms with van der Waals surface area (Å²) in [7, 11) is 0. The van der Waals surface area contributed by atoms with Gasteiger partial charge in [0, 0.05) is 32.1 Å². The minimum absolute atomic E-state index is 0.0408. The summed E-state index contributed by atoms with van der Waals surface area (Å²) in [5.74, 6) is -0.778. The normalized spacial score (nSPS) is 14.6. The number of para-hydroxylation sites is 2. The van der Waals surface area contributed by atoms with Crippen LogP contribution < -0.4 is 5.69 Å². The molecule has 38 heavy (non-hydrogen) atoms. The van der Waals surface area contributed by atoms with Crippen LogP contribution in [-0.2, 0) is 0 Å². The zero-order valence-electron chi connectivity index (χ0n) is 21.4. The molecule has 0 amide bonds. The maximum absolute atomic E-state index is 13.5. The van der Waals surface area contributed by atoms with Gasteiger partial charge in [-0.2, -0.15) is 0 Å². The summed E-state index contributed by atoms with van der Waals surface area (Å²) in [5.41, 5.74) is 3.95. The number of hydrogen-bond acceptors (Lipinski definition) is 3. The van der Waals surface area contributed by atoms with Gasteiger partial charge in [-0.15, -0.1) is 0 Å². The largest absolute Gasteiger partial charge is 0.336 e. The Labute approximate surface area is 220 Å². The first kappa shape index (κ1) is 25.8. The molecule has 5 nitrogen and oxygen atoms in total. The number of imidazole rings is 1. The average molecular weight is 516 g/mol. The summed E-state index contributed by atoms with van der Waals surface area (Å²) in [6.07, 6.45) is 4.82. The molecule has 1 fully saturated rings. The number of carbonyl (C=O) groups excluding carboxylic acids is 1. The predicted octanol–water partition coefficient (Wildman–Crippen LogP) is 6.29. The van der Waals surface area contributed by atoms with E-state index >= 15 is 0 Å². The molecule has 0 N–H and O–H groups in total. The fourth-order valence-corrected chi connectivity index (χ4v) is 5.38. The second kappa shape index (κ2) is 11.3. The van der Waals surface area contributed by atoms with Gasteiger partial charge in [-0.25, -0.2) is 18.1 Å². The van der Waals surface area contributed by atoms with Gasteiger partial charge >= 0.3 is 5.69 Å². The molecule has 0 radical (unpaired) electrons. The molecule has 1 aliphatic rings. The molecule has 5 rings (SSSR count). The van der Waals surface area contributed by atoms with Crippen LogP contribution in [0.3, 0.4) is 0 Å². The van der Waals surface area contributed by atoms with Crippen LogP contribution >= 0.6 is 0 Å². The molecule has 0 atom stereocenters. The molecule has 0 spiro atoms. The van der Waals surface area contributed by atoms with Crippen molar-refractivity contribution >= 4 is 22.5 Å². The SMILES string of the molecule is CCC(=O)n1c(=O)n(C2CCN(CCC=C(c3ccc(F)cc3)c3ccc(F)cc3)CC2)c2ccccc21. The molecule has 4 aromatic rings. The van der Waals surface area contributed by atoms with Crippen LogP contribution in [-0.4, -0.2) is 39.6 Å². The summed E-state index contributed by atoms with van der Waals surface area (Å²) >= 11 is 0. The summed E-state index contributed by atoms with van der Waals surface area (Å²) < 4.78 is 30.1. The van der Waals surface area contributed by atoms with Crippen molar-refractivity contribution in [3.63, 3.8) is 0 Å². The van der Waals surface area contributed by atoms with Crippen molar-refractivity contribution < 1.29 is 13.6 Å². The van der Waals surface area contributed by atoms with E-state index in [1.807, 2.05) is 24.3 Å². The summed E-state index contributed by atoms with van der Waals surface area (Å²) in [4.78, 5) is 28.1. The number of fused-ring (bicyclic) bond motifs is 1. The van der Waals surface area contributed by atoms with Crippen molar-refractivity contribution in [3.05, 3.63) is 112 Å². The molecule has 1 aromatic heterocycles. The van der Waals surface area contributed by atoms with Crippen molar-refractivity contribution in [2.75, 3.05) is 19.6 Å². The van der Waals surface area contributed by atoms with Crippen LogP contribution in [0.5, 0.6) is 0 Å². The van der Waals surface area contributed by atoms with Crippen LogP contribution in [0.1, 0.15) is 54.6 Å². The smallest absolute Gasteiger partial charge is 0.303 e. The Kier molecular flexibility index (Phi) is 7.65. The number of benzene rings is 3. The zero-order valence-corrected chi connectivity index (χ0v) is 21.4. The Morgan fingerprint density at radius 2 is 1.42 bits per heavy atom. The summed E-state index contributed by atoms with van der Waals surface area (Å²) in [5, 5.41) is 0. The lowest BCUT2D eigenvalue weighted by molar-refractivity contribution is 0.0907. The number of likely N-dealkylation sites (tertiary alicyclic amines) is 1. The second-order valence-corrected chi connectivity index (χ2v) is 9.72. The highest BCUT2D eigenvalue weighted by Gasteiger charge is 2.26. The van der Waals surface area contributed by atoms with Gasteiger partial charge < -0.3 is 4.90 Å². The molecule has 0 aliphatic carbocycles. The van der Waals surface area contributed by atoms with Gasteiger partial charge in [0.1, 0.15) is 11.6 Å². The first-order valence-corrected chi connectivity index (χ1v) is 13.2. The Hall–Kier alpha value is -3.84. The predicted molar refractivity (Wildman–Crippen MR) is 146 cm³/mol. The highest BCUT2D eigenvalue weighted by molar-refractivity contribution is 5.90. The lowest BCUT2D eigenvalue weighted by Crippen LogP contribution is -2.38. The maximum atomic E-state index is 13.5. The Balaban J connectivity index is 1.29. The monoisotopic (exact) mass is 515 g/mol. The van der Waals surface area contributed by atoms with Crippen molar-refractivity contribution in [1.29, 1.82) is 0 Å². The number of rotatable bonds is 7. The molecule has 1 saturated heterocycles. The zero-order chi connectivity index (χ0) is 26.6. The van der Waals surface area contributed by atoms with Gasteiger partial charge in [0.25, 0.3) is 0 Å². The molecule has 1 aliphatic heterocycles. The Morgan fingerprint density at radius 1 is 0.868 bits per heavy atom. The number of carbonyl (C=O) groups is 1. The third-order valence-electron chi connectivity index (χ3n) is 7.36. The number of halogens is 2. The fraction of sp³-hybridized carbons (Fsp3) is 0.290. The molecule has 7 heteroatoms. The summed E-state index contributed by atoms with van der Waals surface area (Å²) in [6, 6.07) is 20.3. The van der Waals surface area contributed by atoms with Crippen LogP contribution in [0.25, 0.3) is 16.6 Å². The third-order valence-corrected chi connectivity index (χ3v) is 7.36. The van der Waals surface area contributed by atoms with Crippen LogP contribution in [0.4, 0.5) is 8.78 Å². The van der Waals surface area contributed by atoms with Gasteiger partial charge in [0.05, 0.1) is 11.0 Å². The summed E-state index contributed by atoms with van der Waals surface area (Å²) in [6.45, 7) is 4.29. The lowest BCUT2D eigenvalue weighted by atomic mass is 9.96. The third kappa shape index (κ3) is 5.24. The Morgan fingerprint density at radius 3 is 1.97 bits per heavy atom. The number of nitrogens with zero attached hydrogens (tertiary/aromatic N) is 3. The van der Waals surface area contributed by atoms with Crippen LogP contribution in [0.15, 0.2) is 83.7 Å². The number of hydrogen-bond donors (Lipinski definition) is 0. The lowest BCUT2D eigenvalue weighted by Gasteiger charge is -2.32. The van der Waals surface area contributed by atoms with Gasteiger partial charge in [0.2, 0.25) is 5.91 Å². The highest BCUT2D eigenvalue weighted by Crippen LogP contribution is 2.28. The fourth-order valence-electron chi connectivity index (χ4n) is 5.38. The number of aromatic nitrogens is 2. The topological polar surface area (TPSA) is 47.2 Å². The second-order valence-electron chi connectivity index (χ2n) is 9.72. The molecule has 3 aromatic carbocycles. The molecule has 0 unspecified atom stereocenters. The van der Waals surface area contributed by atoms with E-state index in [0.717, 1.165) is 61.1 Å². The van der Waals surface area contributed by atoms with E-state index in [0.29, 0.717) is 5.52 Å². The van der Waals surface area contributed by atoms with Gasteiger partial charge in [-0.1, -0.05) is 49.4 Å². The van der Waals surface area contributed by atoms with E-state index in [4.69, 9.17) is 0 Å². The molecular formula is C31H31F2N3O2. The van der Waals surface area contributed by atoms with Crippen LogP contribution in [0.2, 0.25) is 0 Å². The number of piperidine rings is 1. The van der Waals surface area contributed by atoms with E-state index < -0.39 is 0 Å². The maximum Gasteiger partial charge on any atom is 0.336 e. The minimum Gasteiger partial charge on any atom is -0.303 e. The van der Waals surface area contributed by atoms with Crippen molar-refractivity contribution in [2.24, 2.45) is 0 Å². The molecular weight excluding hydrogens is 484 g/mol. The molecule has 0 saturated carbocycles. The molecule has 196 valence electrons. The highest BCUT2D eigenvalue weighted by atomic mass is 19.1. The van der Waals surface area contributed by atoms with E-state index in [1.165, 1.54) is 28.8 Å². The molecule has 0 bridgehead atoms. The van der Waals surface area contributed by atoms with Crippen LogP contribution in [0, 0.1) is 11.6 Å². The Bertz CT molecular complexity index is 1460. The first-order valence-electron chi connectivity index (χ1n) is 13.2. The standard InChI is InChI=1S/C31H31F2N3O2/c1-2-30(37)36-29-8-4-3-7-28(29)35(31(36)38)26-17-20-34(21-18-26)19-5-6-27(22-9-13-24(32)14-10-22)23-11-15-25(33)16-12-23/h3-4,6-16,26H,2,5,17-21H2,1H3. The first-order chi connectivity index (χ1) is 18.5. The molecule has 2 heterocycles. The van der Waals surface area contributed by atoms with E-state index in [9.17, 15) is 18.4 Å². The van der Waals surface area contributed by atoms with Crippen molar-refractivity contribution in [1.82, 2.24) is 14.0 Å². The van der Waals surface area contributed by atoms with Gasteiger partial charge in [-0.3, -0.25) is 9.36 Å². The minimum atomic E-state index is -0.295.